The first-order chi connectivity index (χ1) is 6.98. The van der Waals surface area contributed by atoms with E-state index in [9.17, 15) is 8.42 Å². The average molecular weight is 288 g/mol. The van der Waals surface area contributed by atoms with E-state index in [1.807, 2.05) is 6.07 Å². The van der Waals surface area contributed by atoms with Crippen molar-refractivity contribution in [1.29, 1.82) is 0 Å². The topological polar surface area (TPSA) is 67.3 Å². The number of aromatic nitrogens is 1. The lowest BCUT2D eigenvalue weighted by Gasteiger charge is -2.02. The standard InChI is InChI=1S/C9H6BrNO3S/c10-7-5-9(15(12,13)14)11-8-4-2-1-3-6(7)8/h1-5H,(H,12,13,14). The van der Waals surface area contributed by atoms with E-state index in [-0.39, 0.29) is 5.03 Å². The van der Waals surface area contributed by atoms with Crippen molar-refractivity contribution in [2.45, 2.75) is 5.03 Å². The van der Waals surface area contributed by atoms with Gasteiger partial charge in [-0.15, -0.1) is 0 Å². The summed E-state index contributed by atoms with van der Waals surface area (Å²) in [5.41, 5.74) is 0.513. The van der Waals surface area contributed by atoms with Crippen LogP contribution in [0.1, 0.15) is 0 Å². The van der Waals surface area contributed by atoms with Crippen LogP contribution in [0.3, 0.4) is 0 Å². The average Bonchev–Trinajstić information content (AvgIpc) is 2.16. The molecular formula is C9H6BrNO3S. The van der Waals surface area contributed by atoms with Crippen LogP contribution in [-0.2, 0) is 10.1 Å². The van der Waals surface area contributed by atoms with E-state index in [4.69, 9.17) is 4.55 Å². The lowest BCUT2D eigenvalue weighted by molar-refractivity contribution is 0.479. The summed E-state index contributed by atoms with van der Waals surface area (Å²) in [5.74, 6) is 0. The van der Waals surface area contributed by atoms with E-state index in [0.29, 0.717) is 9.99 Å². The Morgan fingerprint density at radius 2 is 1.93 bits per heavy atom. The van der Waals surface area contributed by atoms with E-state index in [0.717, 1.165) is 5.39 Å². The molecule has 1 aromatic carbocycles. The summed E-state index contributed by atoms with van der Waals surface area (Å²) in [4.78, 5) is 3.84. The van der Waals surface area contributed by atoms with Gasteiger partial charge >= 0.3 is 10.1 Å². The smallest absolute Gasteiger partial charge is 0.281 e. The predicted octanol–water partition coefficient (Wildman–Crippen LogP) is 2.24. The number of hydrogen-bond acceptors (Lipinski definition) is 3. The van der Waals surface area contributed by atoms with E-state index < -0.39 is 10.1 Å². The SMILES string of the molecule is O=S(=O)(O)c1cc(Br)c2ccccc2n1. The van der Waals surface area contributed by atoms with Crippen molar-refractivity contribution in [3.8, 4) is 0 Å². The van der Waals surface area contributed by atoms with Crippen LogP contribution in [-0.4, -0.2) is 18.0 Å². The van der Waals surface area contributed by atoms with Crippen molar-refractivity contribution < 1.29 is 13.0 Å². The normalized spacial score (nSPS) is 11.9. The Labute approximate surface area is 94.8 Å². The first-order valence-corrected chi connectivity index (χ1v) is 6.24. The largest absolute Gasteiger partial charge is 0.312 e. The second-order valence-corrected chi connectivity index (χ2v) is 5.16. The fraction of sp³-hybridized carbons (Fsp3) is 0. The molecule has 0 spiro atoms. The molecule has 0 aliphatic carbocycles. The fourth-order valence-electron chi connectivity index (χ4n) is 1.24. The van der Waals surface area contributed by atoms with Crippen LogP contribution in [0.25, 0.3) is 10.9 Å². The molecule has 2 aromatic rings. The van der Waals surface area contributed by atoms with Gasteiger partial charge in [0.15, 0.2) is 5.03 Å². The number of halogens is 1. The summed E-state index contributed by atoms with van der Waals surface area (Å²) >= 11 is 3.22. The third-order valence-corrected chi connectivity index (χ3v) is 3.30. The van der Waals surface area contributed by atoms with Gasteiger partial charge in [-0.3, -0.25) is 4.55 Å². The van der Waals surface area contributed by atoms with Crippen molar-refractivity contribution in [2.24, 2.45) is 0 Å². The minimum atomic E-state index is -4.26. The Kier molecular flexibility index (Phi) is 2.49. The van der Waals surface area contributed by atoms with Crippen LogP contribution < -0.4 is 0 Å². The highest BCUT2D eigenvalue weighted by Crippen LogP contribution is 2.24. The van der Waals surface area contributed by atoms with Crippen LogP contribution in [0.15, 0.2) is 39.8 Å². The summed E-state index contributed by atoms with van der Waals surface area (Å²) in [6, 6.07) is 8.32. The van der Waals surface area contributed by atoms with Crippen molar-refractivity contribution in [2.75, 3.05) is 0 Å². The lowest BCUT2D eigenvalue weighted by atomic mass is 10.2. The van der Waals surface area contributed by atoms with Gasteiger partial charge in [0.1, 0.15) is 0 Å². The minimum absolute atomic E-state index is 0.354. The molecule has 1 N–H and O–H groups in total. The van der Waals surface area contributed by atoms with E-state index >= 15 is 0 Å². The van der Waals surface area contributed by atoms with Gasteiger partial charge in [0.2, 0.25) is 0 Å². The van der Waals surface area contributed by atoms with Crippen LogP contribution in [0, 0.1) is 0 Å². The van der Waals surface area contributed by atoms with Gasteiger partial charge in [-0.2, -0.15) is 8.42 Å². The maximum Gasteiger partial charge on any atom is 0.312 e. The maximum atomic E-state index is 10.9. The van der Waals surface area contributed by atoms with Crippen LogP contribution >= 0.6 is 15.9 Å². The van der Waals surface area contributed by atoms with Crippen LogP contribution in [0.4, 0.5) is 0 Å². The molecule has 0 aliphatic rings. The second kappa shape index (κ2) is 3.55. The van der Waals surface area contributed by atoms with Crippen LogP contribution in [0.5, 0.6) is 0 Å². The second-order valence-electron chi connectivity index (χ2n) is 2.93. The molecule has 78 valence electrons. The summed E-state index contributed by atoms with van der Waals surface area (Å²) in [5, 5.41) is 0.443. The summed E-state index contributed by atoms with van der Waals surface area (Å²) < 4.78 is 31.2. The molecule has 0 unspecified atom stereocenters. The monoisotopic (exact) mass is 287 g/mol. The summed E-state index contributed by atoms with van der Waals surface area (Å²) in [6.45, 7) is 0. The Morgan fingerprint density at radius 3 is 2.60 bits per heavy atom. The molecule has 0 saturated heterocycles. The van der Waals surface area contributed by atoms with Gasteiger partial charge in [0.25, 0.3) is 0 Å². The lowest BCUT2D eigenvalue weighted by Crippen LogP contribution is -2.01. The highest BCUT2D eigenvalue weighted by Gasteiger charge is 2.13. The molecule has 0 bridgehead atoms. The number of nitrogens with zero attached hydrogens (tertiary/aromatic N) is 1. The number of benzene rings is 1. The molecule has 4 nitrogen and oxygen atoms in total. The third kappa shape index (κ3) is 2.01. The molecule has 2 rings (SSSR count). The summed E-state index contributed by atoms with van der Waals surface area (Å²) in [7, 11) is -4.26. The third-order valence-electron chi connectivity index (χ3n) is 1.91. The molecule has 0 amide bonds. The van der Waals surface area contributed by atoms with Crippen molar-refractivity contribution >= 4 is 37.0 Å². The molecule has 0 atom stereocenters. The van der Waals surface area contributed by atoms with Crippen LogP contribution in [0.2, 0.25) is 0 Å². The predicted molar refractivity (Wildman–Crippen MR) is 59.3 cm³/mol. The molecule has 1 heterocycles. The van der Waals surface area contributed by atoms with E-state index in [1.165, 1.54) is 6.07 Å². The molecule has 0 fully saturated rings. The van der Waals surface area contributed by atoms with Gasteiger partial charge in [-0.25, -0.2) is 4.98 Å². The first-order valence-electron chi connectivity index (χ1n) is 4.01. The Bertz CT molecular complexity index is 624. The fourth-order valence-corrected chi connectivity index (χ4v) is 2.43. The molecule has 15 heavy (non-hydrogen) atoms. The van der Waals surface area contributed by atoms with Gasteiger partial charge in [-0.05, 0) is 28.1 Å². The number of hydrogen-bond donors (Lipinski definition) is 1. The number of para-hydroxylation sites is 1. The molecule has 0 radical (unpaired) electrons. The molecule has 1 aromatic heterocycles. The number of fused-ring (bicyclic) bond motifs is 1. The highest BCUT2D eigenvalue weighted by molar-refractivity contribution is 9.10. The minimum Gasteiger partial charge on any atom is -0.281 e. The highest BCUT2D eigenvalue weighted by atomic mass is 79.9. The van der Waals surface area contributed by atoms with Gasteiger partial charge in [0, 0.05) is 9.86 Å². The zero-order chi connectivity index (χ0) is 11.1. The quantitative estimate of drug-likeness (QED) is 0.817. The van der Waals surface area contributed by atoms with Crippen molar-refractivity contribution in [3.05, 3.63) is 34.8 Å². The summed E-state index contributed by atoms with van der Waals surface area (Å²) in [6.07, 6.45) is 0. The Morgan fingerprint density at radius 1 is 1.27 bits per heavy atom. The van der Waals surface area contributed by atoms with E-state index in [1.54, 1.807) is 18.2 Å². The molecular weight excluding hydrogens is 282 g/mol. The van der Waals surface area contributed by atoms with E-state index in [2.05, 4.69) is 20.9 Å². The van der Waals surface area contributed by atoms with Gasteiger partial charge in [-0.1, -0.05) is 18.2 Å². The van der Waals surface area contributed by atoms with Crippen molar-refractivity contribution in [3.63, 3.8) is 0 Å². The van der Waals surface area contributed by atoms with Crippen molar-refractivity contribution in [1.82, 2.24) is 4.98 Å². The Hall–Kier alpha value is -0.980. The Balaban J connectivity index is 2.85. The zero-order valence-electron chi connectivity index (χ0n) is 7.38. The maximum absolute atomic E-state index is 10.9. The number of pyridine rings is 1. The van der Waals surface area contributed by atoms with Gasteiger partial charge in [0.05, 0.1) is 5.52 Å². The number of rotatable bonds is 1. The molecule has 6 heteroatoms. The zero-order valence-corrected chi connectivity index (χ0v) is 9.79. The molecule has 0 saturated carbocycles. The first kappa shape index (κ1) is 10.5. The molecule has 0 aliphatic heterocycles. The van der Waals surface area contributed by atoms with Gasteiger partial charge < -0.3 is 0 Å².